The third kappa shape index (κ3) is 1.75. The normalized spacial score (nSPS) is 10.5. The highest BCUT2D eigenvalue weighted by molar-refractivity contribution is 8.01. The van der Waals surface area contributed by atoms with Crippen molar-refractivity contribution in [3.8, 4) is 0 Å². The highest BCUT2D eigenvalue weighted by Gasteiger charge is 2.03. The highest BCUT2D eigenvalue weighted by Crippen LogP contribution is 2.24. The van der Waals surface area contributed by atoms with E-state index in [0.717, 1.165) is 11.1 Å². The largest absolute Gasteiger partial charge is 0.431 e. The standard InChI is InChI=1S/C10H8NOS/c1-2-7-13-10-11-8-5-3-4-6-9(8)12-10/h2-7H,1H2. The summed E-state index contributed by atoms with van der Waals surface area (Å²) in [4.78, 5) is 4.27. The van der Waals surface area contributed by atoms with Gasteiger partial charge in [0.15, 0.2) is 5.58 Å². The fourth-order valence-electron chi connectivity index (χ4n) is 1.01. The van der Waals surface area contributed by atoms with Gasteiger partial charge in [-0.25, -0.2) is 4.98 Å². The molecule has 0 aliphatic carbocycles. The predicted molar refractivity (Wildman–Crippen MR) is 54.4 cm³/mol. The molecular formula is C10H8NOS. The topological polar surface area (TPSA) is 26.0 Å². The summed E-state index contributed by atoms with van der Waals surface area (Å²) < 4.78 is 5.44. The van der Waals surface area contributed by atoms with E-state index in [1.807, 2.05) is 30.0 Å². The van der Waals surface area contributed by atoms with E-state index in [2.05, 4.69) is 11.6 Å². The molecule has 2 rings (SSSR count). The lowest BCUT2D eigenvalue weighted by Gasteiger charge is -1.85. The third-order valence-corrected chi connectivity index (χ3v) is 2.24. The molecule has 1 aromatic carbocycles. The second-order valence-corrected chi connectivity index (χ2v) is 3.29. The van der Waals surface area contributed by atoms with Gasteiger partial charge < -0.3 is 4.42 Å². The lowest BCUT2D eigenvalue weighted by molar-refractivity contribution is 0.490. The number of benzene rings is 1. The monoisotopic (exact) mass is 190 g/mol. The zero-order chi connectivity index (χ0) is 9.10. The molecule has 0 saturated heterocycles. The van der Waals surface area contributed by atoms with Crippen LogP contribution in [-0.2, 0) is 0 Å². The molecule has 0 saturated carbocycles. The minimum Gasteiger partial charge on any atom is -0.431 e. The van der Waals surface area contributed by atoms with Gasteiger partial charge in [-0.1, -0.05) is 30.0 Å². The van der Waals surface area contributed by atoms with Gasteiger partial charge in [0.1, 0.15) is 5.52 Å². The lowest BCUT2D eigenvalue weighted by Crippen LogP contribution is -1.67. The molecule has 0 aliphatic rings. The number of hydrogen-bond donors (Lipinski definition) is 0. The van der Waals surface area contributed by atoms with Crippen LogP contribution in [0, 0.1) is 5.75 Å². The van der Waals surface area contributed by atoms with E-state index in [1.165, 1.54) is 11.8 Å². The molecule has 2 aromatic rings. The van der Waals surface area contributed by atoms with E-state index < -0.39 is 0 Å². The van der Waals surface area contributed by atoms with E-state index in [9.17, 15) is 0 Å². The van der Waals surface area contributed by atoms with Crippen LogP contribution in [0.5, 0.6) is 0 Å². The number of thioether (sulfide) groups is 1. The number of hydrogen-bond acceptors (Lipinski definition) is 3. The maximum atomic E-state index is 5.44. The molecule has 0 N–H and O–H groups in total. The van der Waals surface area contributed by atoms with E-state index in [-0.39, 0.29) is 0 Å². The maximum absolute atomic E-state index is 5.44. The highest BCUT2D eigenvalue weighted by atomic mass is 32.2. The molecule has 13 heavy (non-hydrogen) atoms. The van der Waals surface area contributed by atoms with Gasteiger partial charge in [-0.2, -0.15) is 0 Å². The first-order valence-electron chi connectivity index (χ1n) is 3.86. The first-order valence-corrected chi connectivity index (χ1v) is 4.74. The Morgan fingerprint density at radius 2 is 2.23 bits per heavy atom. The molecule has 0 amide bonds. The molecule has 0 unspecified atom stereocenters. The van der Waals surface area contributed by atoms with Gasteiger partial charge in [0.2, 0.25) is 0 Å². The van der Waals surface area contributed by atoms with Crippen molar-refractivity contribution in [1.82, 2.24) is 4.98 Å². The van der Waals surface area contributed by atoms with Crippen molar-refractivity contribution in [2.75, 3.05) is 0 Å². The molecule has 0 spiro atoms. The average molecular weight is 190 g/mol. The first-order chi connectivity index (χ1) is 6.40. The fraction of sp³-hybridized carbons (Fsp3) is 0. The summed E-state index contributed by atoms with van der Waals surface area (Å²) in [5.74, 6) is 1.84. The molecule has 65 valence electrons. The van der Waals surface area contributed by atoms with Crippen LogP contribution >= 0.6 is 11.8 Å². The smallest absolute Gasteiger partial charge is 0.257 e. The van der Waals surface area contributed by atoms with Crippen LogP contribution in [0.4, 0.5) is 0 Å². The van der Waals surface area contributed by atoms with Crippen LogP contribution in [0.25, 0.3) is 11.1 Å². The summed E-state index contributed by atoms with van der Waals surface area (Å²) in [6.07, 6.45) is 1.71. The number of fused-ring (bicyclic) bond motifs is 1. The Labute approximate surface area is 80.7 Å². The SMILES string of the molecule is C=C[CH]Sc1nc2ccccc2o1. The van der Waals surface area contributed by atoms with Gasteiger partial charge in [-0.05, 0) is 12.1 Å². The molecule has 2 nitrogen and oxygen atoms in total. The summed E-state index contributed by atoms with van der Waals surface area (Å²) in [5.41, 5.74) is 1.71. The Morgan fingerprint density at radius 1 is 1.38 bits per heavy atom. The van der Waals surface area contributed by atoms with E-state index >= 15 is 0 Å². The van der Waals surface area contributed by atoms with Crippen molar-refractivity contribution in [2.24, 2.45) is 0 Å². The van der Waals surface area contributed by atoms with Crippen LogP contribution in [0.15, 0.2) is 46.6 Å². The van der Waals surface area contributed by atoms with Crippen LogP contribution in [0.3, 0.4) is 0 Å². The van der Waals surface area contributed by atoms with Gasteiger partial charge in [0, 0.05) is 5.75 Å². The second kappa shape index (κ2) is 3.66. The van der Waals surface area contributed by atoms with Gasteiger partial charge in [0.05, 0.1) is 0 Å². The van der Waals surface area contributed by atoms with E-state index in [1.54, 1.807) is 6.08 Å². The number of rotatable bonds is 3. The lowest BCUT2D eigenvalue weighted by atomic mass is 10.3. The summed E-state index contributed by atoms with van der Waals surface area (Å²) in [6.45, 7) is 3.58. The van der Waals surface area contributed by atoms with Crippen LogP contribution in [0.2, 0.25) is 0 Å². The zero-order valence-electron chi connectivity index (χ0n) is 6.93. The summed E-state index contributed by atoms with van der Waals surface area (Å²) in [7, 11) is 0. The molecule has 1 aromatic heterocycles. The zero-order valence-corrected chi connectivity index (χ0v) is 7.75. The molecule has 0 atom stereocenters. The molecular weight excluding hydrogens is 182 g/mol. The third-order valence-electron chi connectivity index (χ3n) is 1.54. The quantitative estimate of drug-likeness (QED) is 0.695. The van der Waals surface area contributed by atoms with Gasteiger partial charge in [-0.15, -0.1) is 6.58 Å². The molecule has 3 heteroatoms. The Kier molecular flexibility index (Phi) is 2.36. The Hall–Kier alpha value is -1.22. The van der Waals surface area contributed by atoms with Crippen molar-refractivity contribution in [3.05, 3.63) is 42.7 Å². The molecule has 0 bridgehead atoms. The Morgan fingerprint density at radius 3 is 3.00 bits per heavy atom. The van der Waals surface area contributed by atoms with Gasteiger partial charge in [0.25, 0.3) is 5.22 Å². The van der Waals surface area contributed by atoms with Crippen molar-refractivity contribution < 1.29 is 4.42 Å². The van der Waals surface area contributed by atoms with Crippen LogP contribution in [0.1, 0.15) is 0 Å². The van der Waals surface area contributed by atoms with Gasteiger partial charge in [-0.3, -0.25) is 0 Å². The number of oxazole rings is 1. The van der Waals surface area contributed by atoms with Crippen LogP contribution in [-0.4, -0.2) is 4.98 Å². The Bertz CT molecular complexity index is 389. The number of nitrogens with zero attached hydrogens (tertiary/aromatic N) is 1. The molecule has 1 radical (unpaired) electrons. The van der Waals surface area contributed by atoms with Crippen molar-refractivity contribution >= 4 is 22.9 Å². The maximum Gasteiger partial charge on any atom is 0.257 e. The average Bonchev–Trinajstić information content (AvgIpc) is 2.57. The number of para-hydroxylation sites is 2. The van der Waals surface area contributed by atoms with Crippen molar-refractivity contribution in [1.29, 1.82) is 0 Å². The van der Waals surface area contributed by atoms with Crippen molar-refractivity contribution in [2.45, 2.75) is 5.22 Å². The fourth-order valence-corrected chi connectivity index (χ4v) is 1.51. The van der Waals surface area contributed by atoms with Crippen LogP contribution < -0.4 is 0 Å². The summed E-state index contributed by atoms with van der Waals surface area (Å²) in [5, 5.41) is 0.654. The molecule has 0 aliphatic heterocycles. The predicted octanol–water partition coefficient (Wildman–Crippen LogP) is 3.27. The van der Waals surface area contributed by atoms with E-state index in [4.69, 9.17) is 4.42 Å². The summed E-state index contributed by atoms with van der Waals surface area (Å²) >= 11 is 1.43. The summed E-state index contributed by atoms with van der Waals surface area (Å²) in [6, 6.07) is 7.70. The minimum absolute atomic E-state index is 0.654. The van der Waals surface area contributed by atoms with Gasteiger partial charge >= 0.3 is 0 Å². The number of aromatic nitrogens is 1. The molecule has 0 fully saturated rings. The Balaban J connectivity index is 2.32. The first kappa shape index (κ1) is 8.38. The van der Waals surface area contributed by atoms with E-state index in [0.29, 0.717) is 5.22 Å². The van der Waals surface area contributed by atoms with Crippen molar-refractivity contribution in [3.63, 3.8) is 0 Å². The molecule has 1 heterocycles. The second-order valence-electron chi connectivity index (χ2n) is 2.44. The minimum atomic E-state index is 0.654.